The van der Waals surface area contributed by atoms with Gasteiger partial charge in [-0.3, -0.25) is 4.79 Å². The average Bonchev–Trinajstić information content (AvgIpc) is 3.12. The summed E-state index contributed by atoms with van der Waals surface area (Å²) in [4.78, 5) is 11.6. The lowest BCUT2D eigenvalue weighted by atomic mass is 10.0. The van der Waals surface area contributed by atoms with Crippen molar-refractivity contribution >= 4 is 36.5 Å². The molecule has 0 bridgehead atoms. The second-order valence-electron chi connectivity index (χ2n) is 10.2. The van der Waals surface area contributed by atoms with Crippen LogP contribution >= 0.6 is 19.9 Å². The van der Waals surface area contributed by atoms with Gasteiger partial charge in [-0.25, -0.2) is 0 Å². The van der Waals surface area contributed by atoms with E-state index in [-0.39, 0.29) is 28.9 Å². The normalized spacial score (nSPS) is 28.0. The Hall–Kier alpha value is -1.47. The molecule has 35 heavy (non-hydrogen) atoms. The van der Waals surface area contributed by atoms with Crippen LogP contribution in [0.1, 0.15) is 41.5 Å². The molecule has 5 unspecified atom stereocenters. The molecule has 0 spiro atoms. The maximum absolute atomic E-state index is 11.6. The minimum absolute atomic E-state index is 0.0949. The van der Waals surface area contributed by atoms with E-state index in [1.54, 1.807) is 11.8 Å². The molecule has 5 atom stereocenters. The molecule has 8 heteroatoms. The summed E-state index contributed by atoms with van der Waals surface area (Å²) in [5.74, 6) is -1.16. The summed E-state index contributed by atoms with van der Waals surface area (Å²) >= 11 is 1.69. The quantitative estimate of drug-likeness (QED) is 0.387. The van der Waals surface area contributed by atoms with Crippen LogP contribution in [0.25, 0.3) is 0 Å². The Morgan fingerprint density at radius 3 is 2.03 bits per heavy atom. The highest BCUT2D eigenvalue weighted by atomic mass is 32.2. The molecule has 0 amide bonds. The van der Waals surface area contributed by atoms with Crippen molar-refractivity contribution in [2.24, 2.45) is 0 Å². The monoisotopic (exact) mass is 518 g/mol. The summed E-state index contributed by atoms with van der Waals surface area (Å²) in [6.45, 7) is 11.8. The van der Waals surface area contributed by atoms with Crippen LogP contribution in [0.15, 0.2) is 60.7 Å². The van der Waals surface area contributed by atoms with Crippen LogP contribution in [-0.4, -0.2) is 53.0 Å². The molecule has 2 heterocycles. The third-order valence-corrected chi connectivity index (χ3v) is 8.87. The molecule has 0 radical (unpaired) electrons. The van der Waals surface area contributed by atoms with Gasteiger partial charge in [0.05, 0.1) is 8.15 Å². The summed E-state index contributed by atoms with van der Waals surface area (Å²) in [7, 11) is -1.14. The number of thioether (sulfide) groups is 1. The van der Waals surface area contributed by atoms with Crippen LogP contribution in [0.3, 0.4) is 0 Å². The minimum atomic E-state index is -1.14. The molecule has 0 aliphatic carbocycles. The first-order chi connectivity index (χ1) is 16.5. The maximum Gasteiger partial charge on any atom is 0.302 e. The summed E-state index contributed by atoms with van der Waals surface area (Å²) in [6, 6.07) is 20.6. The van der Waals surface area contributed by atoms with Gasteiger partial charge in [-0.15, -0.1) is 11.8 Å². The largest absolute Gasteiger partial charge is 0.463 e. The predicted octanol–water partition coefficient (Wildman–Crippen LogP) is 4.76. The lowest BCUT2D eigenvalue weighted by Gasteiger charge is -2.44. The number of fused-ring (bicyclic) bond motifs is 1. The van der Waals surface area contributed by atoms with Crippen molar-refractivity contribution < 1.29 is 28.3 Å². The Morgan fingerprint density at radius 2 is 1.51 bits per heavy atom. The topological polar surface area (TPSA) is 63.2 Å². The molecule has 0 saturated carbocycles. The molecular weight excluding hydrogens is 483 g/mol. The molecule has 0 N–H and O–H groups in total. The molecule has 2 aliphatic heterocycles. The van der Waals surface area contributed by atoms with Crippen LogP contribution in [0, 0.1) is 0 Å². The van der Waals surface area contributed by atoms with Crippen molar-refractivity contribution in [3.63, 3.8) is 0 Å². The van der Waals surface area contributed by atoms with E-state index in [2.05, 4.69) is 45.0 Å². The number of benzene rings is 2. The van der Waals surface area contributed by atoms with Crippen molar-refractivity contribution in [3.05, 3.63) is 60.7 Å². The predicted molar refractivity (Wildman–Crippen MR) is 140 cm³/mol. The number of carbonyl (C=O) groups excluding carboxylic acids is 1. The van der Waals surface area contributed by atoms with Gasteiger partial charge in [0.2, 0.25) is 0 Å². The second-order valence-corrected chi connectivity index (χ2v) is 13.9. The van der Waals surface area contributed by atoms with Crippen molar-refractivity contribution in [3.8, 4) is 0 Å². The molecule has 2 aromatic rings. The molecule has 190 valence electrons. The van der Waals surface area contributed by atoms with E-state index >= 15 is 0 Å². The van der Waals surface area contributed by atoms with Gasteiger partial charge in [0.1, 0.15) is 36.5 Å². The van der Waals surface area contributed by atoms with E-state index in [1.807, 2.05) is 50.2 Å². The standard InChI is InChI=1S/C27H35O6PS/c1-18(28)29-17-21-22-23(32-27(5,6)31-22)24(25(30-21)35-26(2,3)4)33-34(19-13-9-7-10-14-19)20-15-11-8-12-16-20/h7-16,21-25H,17H2,1-6H3. The summed E-state index contributed by atoms with van der Waals surface area (Å²) in [5, 5.41) is 2.23. The van der Waals surface area contributed by atoms with E-state index in [4.69, 9.17) is 23.5 Å². The third-order valence-electron chi connectivity index (χ3n) is 5.56. The lowest BCUT2D eigenvalue weighted by Crippen LogP contribution is -2.58. The third kappa shape index (κ3) is 6.85. The van der Waals surface area contributed by atoms with Gasteiger partial charge < -0.3 is 23.5 Å². The molecule has 2 saturated heterocycles. The Morgan fingerprint density at radius 1 is 0.971 bits per heavy atom. The van der Waals surface area contributed by atoms with Crippen LogP contribution in [0.2, 0.25) is 0 Å². The average molecular weight is 519 g/mol. The van der Waals surface area contributed by atoms with Crippen LogP contribution < -0.4 is 10.6 Å². The molecule has 2 aromatic carbocycles. The fourth-order valence-corrected chi connectivity index (χ4v) is 7.47. The number of esters is 1. The second kappa shape index (κ2) is 10.9. The van der Waals surface area contributed by atoms with Crippen LogP contribution in [-0.2, 0) is 28.3 Å². The first kappa shape index (κ1) is 26.6. The molecule has 4 rings (SSSR count). The van der Waals surface area contributed by atoms with Gasteiger partial charge in [0, 0.05) is 22.3 Å². The maximum atomic E-state index is 11.6. The highest BCUT2D eigenvalue weighted by molar-refractivity contribution is 8.01. The fraction of sp³-hybridized carbons (Fsp3) is 0.519. The highest BCUT2D eigenvalue weighted by Crippen LogP contribution is 2.48. The van der Waals surface area contributed by atoms with Gasteiger partial charge in [0.15, 0.2) is 5.79 Å². The number of rotatable bonds is 7. The van der Waals surface area contributed by atoms with Gasteiger partial charge in [0.25, 0.3) is 0 Å². The molecule has 2 aliphatic rings. The Bertz CT molecular complexity index is 941. The van der Waals surface area contributed by atoms with Gasteiger partial charge in [-0.1, -0.05) is 81.4 Å². The number of ether oxygens (including phenoxy) is 4. The SMILES string of the molecule is CC(=O)OCC1OC(SC(C)(C)C)C(OP(c2ccccc2)c2ccccc2)C2OC(C)(C)OC12. The lowest BCUT2D eigenvalue weighted by molar-refractivity contribution is -0.175. The van der Waals surface area contributed by atoms with E-state index < -0.39 is 32.2 Å². The Labute approximate surface area is 213 Å². The van der Waals surface area contributed by atoms with E-state index in [9.17, 15) is 4.79 Å². The first-order valence-electron chi connectivity index (χ1n) is 11.9. The van der Waals surface area contributed by atoms with E-state index in [1.165, 1.54) is 6.92 Å². The summed E-state index contributed by atoms with van der Waals surface area (Å²) < 4.78 is 31.6. The molecular formula is C27H35O6PS. The van der Waals surface area contributed by atoms with Crippen molar-refractivity contribution in [1.29, 1.82) is 0 Å². The zero-order valence-electron chi connectivity index (χ0n) is 21.2. The van der Waals surface area contributed by atoms with Crippen molar-refractivity contribution in [1.82, 2.24) is 0 Å². The number of hydrogen-bond acceptors (Lipinski definition) is 7. The number of hydrogen-bond donors (Lipinski definition) is 0. The molecule has 2 fully saturated rings. The zero-order chi connectivity index (χ0) is 25.2. The van der Waals surface area contributed by atoms with Gasteiger partial charge in [-0.05, 0) is 13.8 Å². The van der Waals surface area contributed by atoms with E-state index in [0.717, 1.165) is 10.6 Å². The fourth-order valence-electron chi connectivity index (χ4n) is 4.25. The van der Waals surface area contributed by atoms with Crippen LogP contribution in [0.4, 0.5) is 0 Å². The highest BCUT2D eigenvalue weighted by Gasteiger charge is 2.57. The number of carbonyl (C=O) groups is 1. The summed E-state index contributed by atoms with van der Waals surface area (Å²) in [6.07, 6.45) is -1.65. The summed E-state index contributed by atoms with van der Waals surface area (Å²) in [5.41, 5.74) is -0.341. The zero-order valence-corrected chi connectivity index (χ0v) is 22.9. The Kier molecular flexibility index (Phi) is 8.26. The molecule has 6 nitrogen and oxygen atoms in total. The Balaban J connectivity index is 1.71. The van der Waals surface area contributed by atoms with Crippen LogP contribution in [0.5, 0.6) is 0 Å². The minimum Gasteiger partial charge on any atom is -0.463 e. The van der Waals surface area contributed by atoms with Gasteiger partial charge >= 0.3 is 5.97 Å². The van der Waals surface area contributed by atoms with Crippen molar-refractivity contribution in [2.45, 2.75) is 81.9 Å². The first-order valence-corrected chi connectivity index (χ1v) is 14.1. The van der Waals surface area contributed by atoms with E-state index in [0.29, 0.717) is 0 Å². The smallest absolute Gasteiger partial charge is 0.302 e. The van der Waals surface area contributed by atoms with Gasteiger partial charge in [-0.2, -0.15) is 0 Å². The van der Waals surface area contributed by atoms with Crippen molar-refractivity contribution in [2.75, 3.05) is 6.61 Å². The molecule has 0 aromatic heterocycles.